The van der Waals surface area contributed by atoms with E-state index in [0.29, 0.717) is 30.7 Å². The normalized spacial score (nSPS) is 22.8. The van der Waals surface area contributed by atoms with E-state index < -0.39 is 21.8 Å². The minimum absolute atomic E-state index is 0.00701. The summed E-state index contributed by atoms with van der Waals surface area (Å²) in [6.07, 6.45) is 4.65. The predicted octanol–water partition coefficient (Wildman–Crippen LogP) is 5.26. The van der Waals surface area contributed by atoms with E-state index >= 15 is 0 Å². The molecule has 2 aliphatic rings. The second kappa shape index (κ2) is 11.5. The summed E-state index contributed by atoms with van der Waals surface area (Å²) < 4.78 is 74.1. The molecule has 2 fully saturated rings. The first-order valence-corrected chi connectivity index (χ1v) is 14.5. The van der Waals surface area contributed by atoms with Crippen molar-refractivity contribution in [2.45, 2.75) is 67.7 Å². The van der Waals surface area contributed by atoms with Crippen LogP contribution in [0.25, 0.3) is 0 Å². The lowest BCUT2D eigenvalue weighted by Gasteiger charge is -2.44. The maximum absolute atomic E-state index is 13.3. The molecule has 2 aromatic heterocycles. The van der Waals surface area contributed by atoms with Gasteiger partial charge < -0.3 is 4.74 Å². The number of rotatable bonds is 7. The maximum Gasteiger partial charge on any atom is 0.416 e. The third kappa shape index (κ3) is 6.67. The fourth-order valence-corrected chi connectivity index (χ4v) is 6.41. The highest BCUT2D eigenvalue weighted by atomic mass is 32.2. The van der Waals surface area contributed by atoms with Crippen LogP contribution < -0.4 is 9.46 Å². The van der Waals surface area contributed by atoms with Gasteiger partial charge in [-0.1, -0.05) is 24.6 Å². The minimum Gasteiger partial charge on any atom is -0.473 e. The van der Waals surface area contributed by atoms with Crippen molar-refractivity contribution >= 4 is 15.8 Å². The number of benzene rings is 1. The van der Waals surface area contributed by atoms with E-state index in [2.05, 4.69) is 24.6 Å². The fraction of sp³-hybridized carbons (Fsp3) is 0.444. The highest BCUT2D eigenvalue weighted by Gasteiger charge is 2.38. The van der Waals surface area contributed by atoms with Gasteiger partial charge in [0.15, 0.2) is 0 Å². The number of ether oxygens (including phenoxy) is 1. The van der Waals surface area contributed by atoms with E-state index in [0.717, 1.165) is 38.4 Å². The zero-order valence-electron chi connectivity index (χ0n) is 21.2. The first kappa shape index (κ1) is 27.3. The van der Waals surface area contributed by atoms with Gasteiger partial charge in [0.25, 0.3) is 10.0 Å². The number of alkyl halides is 3. The first-order valence-electron chi connectivity index (χ1n) is 13.0. The fourth-order valence-electron chi connectivity index (χ4n) is 5.46. The summed E-state index contributed by atoms with van der Waals surface area (Å²) in [5, 5.41) is 0. The van der Waals surface area contributed by atoms with Crippen LogP contribution in [-0.4, -0.2) is 53.5 Å². The Bertz CT molecular complexity index is 1350. The number of nitrogens with zero attached hydrogens (tertiary/aromatic N) is 4. The number of halogens is 3. The molecule has 3 heterocycles. The van der Waals surface area contributed by atoms with Gasteiger partial charge in [-0.2, -0.15) is 13.2 Å². The quantitative estimate of drug-likeness (QED) is 0.420. The van der Waals surface area contributed by atoms with Crippen LogP contribution in [0.4, 0.5) is 19.0 Å². The van der Waals surface area contributed by atoms with Crippen LogP contribution in [0.5, 0.6) is 5.88 Å². The molecule has 1 N–H and O–H groups in total. The Hall–Kier alpha value is -3.25. The summed E-state index contributed by atoms with van der Waals surface area (Å²) in [5.74, 6) is 0.445. The summed E-state index contributed by atoms with van der Waals surface area (Å²) >= 11 is 0. The summed E-state index contributed by atoms with van der Waals surface area (Å²) in [6.45, 7) is 1.83. The van der Waals surface area contributed by atoms with Crippen molar-refractivity contribution in [1.29, 1.82) is 0 Å². The average Bonchev–Trinajstić information content (AvgIpc) is 2.94. The molecule has 39 heavy (non-hydrogen) atoms. The monoisotopic (exact) mass is 561 g/mol. The topological polar surface area (TPSA) is 97.3 Å². The van der Waals surface area contributed by atoms with E-state index in [1.807, 2.05) is 0 Å². The number of likely N-dealkylation sites (tertiary alicyclic amines) is 1. The van der Waals surface area contributed by atoms with Crippen molar-refractivity contribution in [3.63, 3.8) is 0 Å². The van der Waals surface area contributed by atoms with Gasteiger partial charge in [0, 0.05) is 18.3 Å². The smallest absolute Gasteiger partial charge is 0.416 e. The Morgan fingerprint density at radius 3 is 2.51 bits per heavy atom. The molecule has 208 valence electrons. The number of aromatic nitrogens is 3. The van der Waals surface area contributed by atoms with Gasteiger partial charge in [-0.05, 0) is 74.9 Å². The lowest BCUT2D eigenvalue weighted by atomic mass is 9.78. The molecule has 3 aromatic rings. The molecule has 1 saturated heterocycles. The number of hydrogen-bond acceptors (Lipinski definition) is 7. The summed E-state index contributed by atoms with van der Waals surface area (Å²) in [4.78, 5) is 14.3. The van der Waals surface area contributed by atoms with Gasteiger partial charge in [0.2, 0.25) is 5.88 Å². The molecule has 5 rings (SSSR count). The van der Waals surface area contributed by atoms with E-state index in [1.54, 1.807) is 6.07 Å². The highest BCUT2D eigenvalue weighted by Crippen LogP contribution is 2.39. The summed E-state index contributed by atoms with van der Waals surface area (Å²) in [7, 11) is -3.89. The van der Waals surface area contributed by atoms with E-state index in [4.69, 9.17) is 4.74 Å². The third-order valence-electron chi connectivity index (χ3n) is 7.41. The van der Waals surface area contributed by atoms with Crippen molar-refractivity contribution in [3.05, 3.63) is 72.3 Å². The second-order valence-electron chi connectivity index (χ2n) is 9.99. The van der Waals surface area contributed by atoms with Crippen LogP contribution in [0, 0.1) is 0 Å². The van der Waals surface area contributed by atoms with Crippen LogP contribution >= 0.6 is 0 Å². The van der Waals surface area contributed by atoms with Crippen LogP contribution in [-0.2, 0) is 16.2 Å². The largest absolute Gasteiger partial charge is 0.473 e. The van der Waals surface area contributed by atoms with E-state index in [9.17, 15) is 21.6 Å². The predicted molar refractivity (Wildman–Crippen MR) is 139 cm³/mol. The van der Waals surface area contributed by atoms with Crippen LogP contribution in [0.2, 0.25) is 0 Å². The number of hydrogen-bond donors (Lipinski definition) is 1. The molecule has 1 aliphatic heterocycles. The molecule has 12 heteroatoms. The molecule has 0 bridgehead atoms. The number of sulfonamides is 1. The zero-order valence-corrected chi connectivity index (χ0v) is 22.0. The van der Waals surface area contributed by atoms with Crippen molar-refractivity contribution < 1.29 is 26.3 Å². The summed E-state index contributed by atoms with van der Waals surface area (Å²) in [5.41, 5.74) is 0.0792. The zero-order chi connectivity index (χ0) is 27.5. The highest BCUT2D eigenvalue weighted by molar-refractivity contribution is 7.92. The Labute approximate surface area is 225 Å². The molecule has 3 unspecified atom stereocenters. The molecular weight excluding hydrogens is 531 g/mol. The third-order valence-corrected chi connectivity index (χ3v) is 8.75. The van der Waals surface area contributed by atoms with E-state index in [1.165, 1.54) is 49.1 Å². The Morgan fingerprint density at radius 1 is 1.00 bits per heavy atom. The molecule has 0 spiro atoms. The minimum atomic E-state index is -4.38. The molecule has 8 nitrogen and oxygen atoms in total. The molecule has 1 aromatic carbocycles. The van der Waals surface area contributed by atoms with Gasteiger partial charge >= 0.3 is 6.18 Å². The maximum atomic E-state index is 13.3. The van der Waals surface area contributed by atoms with Crippen molar-refractivity contribution in [1.82, 2.24) is 19.9 Å². The number of piperidine rings is 1. The van der Waals surface area contributed by atoms with Gasteiger partial charge in [-0.25, -0.2) is 23.4 Å². The SMILES string of the molecule is O=S(=O)(Nc1ccncn1)c1ccc(OC2CCC(c3cccc(C(F)(F)F)c3)CC2N2CCCCC2)nc1. The first-order chi connectivity index (χ1) is 18.7. The molecular formula is C27H30F3N5O3S. The van der Waals surface area contributed by atoms with E-state index in [-0.39, 0.29) is 28.8 Å². The molecule has 0 radical (unpaired) electrons. The van der Waals surface area contributed by atoms with Gasteiger partial charge in [0.1, 0.15) is 23.1 Å². The molecule has 1 aliphatic carbocycles. The van der Waals surface area contributed by atoms with Crippen LogP contribution in [0.1, 0.15) is 55.6 Å². The second-order valence-corrected chi connectivity index (χ2v) is 11.7. The summed E-state index contributed by atoms with van der Waals surface area (Å²) in [6, 6.07) is 10.1. The van der Waals surface area contributed by atoms with Crippen LogP contribution in [0.15, 0.2) is 66.1 Å². The van der Waals surface area contributed by atoms with Crippen molar-refractivity contribution in [2.24, 2.45) is 0 Å². The molecule has 0 amide bonds. The molecule has 3 atom stereocenters. The molecule has 1 saturated carbocycles. The lowest BCUT2D eigenvalue weighted by Crippen LogP contribution is -2.51. The Morgan fingerprint density at radius 2 is 1.82 bits per heavy atom. The van der Waals surface area contributed by atoms with Crippen molar-refractivity contribution in [2.75, 3.05) is 17.8 Å². The Kier molecular flexibility index (Phi) is 8.03. The number of anilines is 1. The number of nitrogens with one attached hydrogen (secondary N) is 1. The number of pyridine rings is 1. The average molecular weight is 562 g/mol. The van der Waals surface area contributed by atoms with Gasteiger partial charge in [0.05, 0.1) is 11.8 Å². The standard InChI is InChI=1S/C27H30F3N5O3S/c28-27(29,30)21-6-4-5-19(15-21)20-7-9-24(23(16-20)35-13-2-1-3-14-35)38-26-10-8-22(17-32-26)39(36,37)34-25-11-12-31-18-33-25/h4-6,8,10-12,15,17-18,20,23-24H,1-3,7,9,13-14,16H2,(H,31,33,34). The lowest BCUT2D eigenvalue weighted by molar-refractivity contribution is -0.137. The van der Waals surface area contributed by atoms with Gasteiger partial charge in [-0.15, -0.1) is 0 Å². The Balaban J connectivity index is 1.31. The van der Waals surface area contributed by atoms with Gasteiger partial charge in [-0.3, -0.25) is 9.62 Å². The van der Waals surface area contributed by atoms with Crippen molar-refractivity contribution in [3.8, 4) is 5.88 Å². The van der Waals surface area contributed by atoms with Crippen LogP contribution in [0.3, 0.4) is 0 Å².